The fraction of sp³-hybridized carbons (Fsp3) is 0.364. The van der Waals surface area contributed by atoms with Crippen LogP contribution in [0, 0.1) is 0 Å². The highest BCUT2D eigenvalue weighted by Gasteiger charge is 2.09. The molecule has 7 heteroatoms. The summed E-state index contributed by atoms with van der Waals surface area (Å²) in [6.45, 7) is 2.61. The Kier molecular flexibility index (Phi) is 3.81. The van der Waals surface area contributed by atoms with Gasteiger partial charge in [0.05, 0.1) is 11.9 Å². The molecule has 0 amide bonds. The third-order valence-corrected chi connectivity index (χ3v) is 3.16. The summed E-state index contributed by atoms with van der Waals surface area (Å²) < 4.78 is 3.59. The normalized spacial score (nSPS) is 10.6. The van der Waals surface area contributed by atoms with Crippen molar-refractivity contribution in [2.45, 2.75) is 19.9 Å². The van der Waals surface area contributed by atoms with Crippen LogP contribution in [0.5, 0.6) is 0 Å². The van der Waals surface area contributed by atoms with Crippen molar-refractivity contribution in [2.24, 2.45) is 7.05 Å². The first kappa shape index (κ1) is 12.8. The molecule has 0 aliphatic heterocycles. The van der Waals surface area contributed by atoms with Crippen LogP contribution in [0.2, 0.25) is 0 Å². The number of nitrogens with zero attached hydrogens (tertiary/aromatic N) is 4. The van der Waals surface area contributed by atoms with E-state index in [4.69, 9.17) is 0 Å². The van der Waals surface area contributed by atoms with Crippen molar-refractivity contribution in [1.29, 1.82) is 0 Å². The number of hydrogen-bond donors (Lipinski definition) is 1. The van der Waals surface area contributed by atoms with Gasteiger partial charge in [-0.15, -0.1) is 0 Å². The Bertz CT molecular complexity index is 604. The van der Waals surface area contributed by atoms with E-state index < -0.39 is 0 Å². The minimum Gasteiger partial charge on any atom is -0.336 e. The van der Waals surface area contributed by atoms with E-state index in [2.05, 4.69) is 31.4 Å². The molecule has 0 atom stereocenters. The molecule has 0 saturated carbocycles. The molecule has 18 heavy (non-hydrogen) atoms. The van der Waals surface area contributed by atoms with Gasteiger partial charge in [0, 0.05) is 25.9 Å². The first-order chi connectivity index (χ1) is 8.61. The van der Waals surface area contributed by atoms with Crippen LogP contribution in [-0.4, -0.2) is 19.6 Å². The molecule has 0 radical (unpaired) electrons. The zero-order valence-electron chi connectivity index (χ0n) is 10.2. The fourth-order valence-electron chi connectivity index (χ4n) is 1.54. The van der Waals surface area contributed by atoms with Crippen molar-refractivity contribution < 1.29 is 0 Å². The standard InChI is InChI=1S/C11H14BrN5O/c1-3-5-17-11(18)10(12)8(7-13-17)14-9-4-6-16(2)15-9/h4,6-7H,3,5H2,1-2H3,(H,14,15). The van der Waals surface area contributed by atoms with Crippen molar-refractivity contribution >= 4 is 27.4 Å². The van der Waals surface area contributed by atoms with Crippen LogP contribution < -0.4 is 10.9 Å². The molecule has 2 aromatic heterocycles. The second-order valence-corrected chi connectivity index (χ2v) is 4.69. The summed E-state index contributed by atoms with van der Waals surface area (Å²) in [4.78, 5) is 12.0. The second kappa shape index (κ2) is 5.34. The van der Waals surface area contributed by atoms with Crippen molar-refractivity contribution in [3.8, 4) is 0 Å². The minimum absolute atomic E-state index is 0.141. The van der Waals surface area contributed by atoms with Crippen LogP contribution >= 0.6 is 15.9 Å². The number of hydrogen-bond acceptors (Lipinski definition) is 4. The Hall–Kier alpha value is -1.63. The number of halogens is 1. The average molecular weight is 312 g/mol. The number of aryl methyl sites for hydroxylation is 2. The average Bonchev–Trinajstić information content (AvgIpc) is 2.75. The third-order valence-electron chi connectivity index (χ3n) is 2.40. The Balaban J connectivity index is 2.30. The topological polar surface area (TPSA) is 64.7 Å². The molecule has 0 aliphatic rings. The van der Waals surface area contributed by atoms with Gasteiger partial charge in [0.25, 0.3) is 5.56 Å². The first-order valence-corrected chi connectivity index (χ1v) is 6.43. The predicted molar refractivity (Wildman–Crippen MR) is 73.0 cm³/mol. The number of anilines is 2. The quantitative estimate of drug-likeness (QED) is 0.936. The van der Waals surface area contributed by atoms with Crippen molar-refractivity contribution in [1.82, 2.24) is 19.6 Å². The van der Waals surface area contributed by atoms with Crippen LogP contribution in [0.1, 0.15) is 13.3 Å². The van der Waals surface area contributed by atoms with Gasteiger partial charge in [-0.25, -0.2) is 4.68 Å². The second-order valence-electron chi connectivity index (χ2n) is 3.90. The maximum absolute atomic E-state index is 12.0. The third kappa shape index (κ3) is 2.61. The van der Waals surface area contributed by atoms with E-state index >= 15 is 0 Å². The summed E-state index contributed by atoms with van der Waals surface area (Å²) >= 11 is 3.29. The molecule has 1 N–H and O–H groups in total. The van der Waals surface area contributed by atoms with E-state index in [0.29, 0.717) is 22.5 Å². The highest BCUT2D eigenvalue weighted by Crippen LogP contribution is 2.20. The molecule has 96 valence electrons. The van der Waals surface area contributed by atoms with Gasteiger partial charge in [-0.2, -0.15) is 10.2 Å². The monoisotopic (exact) mass is 311 g/mol. The summed E-state index contributed by atoms with van der Waals surface area (Å²) in [7, 11) is 1.83. The Labute approximate surface area is 113 Å². The molecule has 0 aliphatic carbocycles. The molecular weight excluding hydrogens is 298 g/mol. The number of rotatable bonds is 4. The lowest BCUT2D eigenvalue weighted by Crippen LogP contribution is -2.24. The van der Waals surface area contributed by atoms with E-state index in [1.165, 1.54) is 4.68 Å². The first-order valence-electron chi connectivity index (χ1n) is 5.64. The van der Waals surface area contributed by atoms with Gasteiger partial charge >= 0.3 is 0 Å². The fourth-order valence-corrected chi connectivity index (χ4v) is 1.95. The molecule has 0 bridgehead atoms. The summed E-state index contributed by atoms with van der Waals surface area (Å²) in [5, 5.41) is 11.3. The summed E-state index contributed by atoms with van der Waals surface area (Å²) in [5.74, 6) is 0.674. The SMILES string of the molecule is CCCn1ncc(Nc2ccn(C)n2)c(Br)c1=O. The van der Waals surface area contributed by atoms with Gasteiger partial charge in [-0.05, 0) is 22.4 Å². The predicted octanol–water partition coefficient (Wildman–Crippen LogP) is 1.89. The van der Waals surface area contributed by atoms with Gasteiger partial charge in [0.2, 0.25) is 0 Å². The largest absolute Gasteiger partial charge is 0.336 e. The van der Waals surface area contributed by atoms with Gasteiger partial charge < -0.3 is 5.32 Å². The molecule has 0 unspecified atom stereocenters. The Morgan fingerprint density at radius 3 is 2.89 bits per heavy atom. The van der Waals surface area contributed by atoms with E-state index in [-0.39, 0.29) is 5.56 Å². The van der Waals surface area contributed by atoms with Crippen molar-refractivity contribution in [3.05, 3.63) is 33.3 Å². The van der Waals surface area contributed by atoms with Gasteiger partial charge in [-0.3, -0.25) is 9.48 Å². The smallest absolute Gasteiger partial charge is 0.283 e. The number of aromatic nitrogens is 4. The van der Waals surface area contributed by atoms with Crippen LogP contribution in [0.4, 0.5) is 11.5 Å². The van der Waals surface area contributed by atoms with E-state index in [1.807, 2.05) is 26.2 Å². The van der Waals surface area contributed by atoms with E-state index in [9.17, 15) is 4.79 Å². The van der Waals surface area contributed by atoms with Gasteiger partial charge in [0.1, 0.15) is 4.47 Å². The molecule has 2 aromatic rings. The lowest BCUT2D eigenvalue weighted by Gasteiger charge is -2.08. The van der Waals surface area contributed by atoms with Gasteiger partial charge in [0.15, 0.2) is 5.82 Å². The van der Waals surface area contributed by atoms with Crippen molar-refractivity contribution in [3.63, 3.8) is 0 Å². The molecule has 2 rings (SSSR count). The summed E-state index contributed by atoms with van der Waals surface area (Å²) in [5.41, 5.74) is 0.476. The Morgan fingerprint density at radius 1 is 1.50 bits per heavy atom. The highest BCUT2D eigenvalue weighted by molar-refractivity contribution is 9.10. The molecule has 0 saturated heterocycles. The zero-order valence-corrected chi connectivity index (χ0v) is 11.8. The summed E-state index contributed by atoms with van der Waals surface area (Å²) in [6, 6.07) is 1.82. The molecular formula is C11H14BrN5O. The Morgan fingerprint density at radius 2 is 2.28 bits per heavy atom. The van der Waals surface area contributed by atoms with E-state index in [1.54, 1.807) is 10.9 Å². The lowest BCUT2D eigenvalue weighted by atomic mass is 10.4. The molecule has 6 nitrogen and oxygen atoms in total. The zero-order chi connectivity index (χ0) is 13.1. The molecule has 2 heterocycles. The highest BCUT2D eigenvalue weighted by atomic mass is 79.9. The van der Waals surface area contributed by atoms with Crippen LogP contribution in [0.3, 0.4) is 0 Å². The molecule has 0 aromatic carbocycles. The van der Waals surface area contributed by atoms with Crippen LogP contribution in [0.15, 0.2) is 27.7 Å². The van der Waals surface area contributed by atoms with Crippen LogP contribution in [0.25, 0.3) is 0 Å². The maximum Gasteiger partial charge on any atom is 0.283 e. The van der Waals surface area contributed by atoms with Gasteiger partial charge in [-0.1, -0.05) is 6.92 Å². The summed E-state index contributed by atoms with van der Waals surface area (Å²) in [6.07, 6.45) is 4.31. The minimum atomic E-state index is -0.141. The van der Waals surface area contributed by atoms with Crippen LogP contribution in [-0.2, 0) is 13.6 Å². The molecule has 0 spiro atoms. The molecule has 0 fully saturated rings. The van der Waals surface area contributed by atoms with Crippen molar-refractivity contribution in [2.75, 3.05) is 5.32 Å². The maximum atomic E-state index is 12.0. The van der Waals surface area contributed by atoms with E-state index in [0.717, 1.165) is 6.42 Å². The number of nitrogens with one attached hydrogen (secondary N) is 1. The lowest BCUT2D eigenvalue weighted by molar-refractivity contribution is 0.566.